The maximum absolute atomic E-state index is 10.3. The molecule has 0 atom stereocenters. The summed E-state index contributed by atoms with van der Waals surface area (Å²) in [5.74, 6) is -1.25. The van der Waals surface area contributed by atoms with Crippen LogP contribution >= 0.6 is 0 Å². The zero-order valence-corrected chi connectivity index (χ0v) is 9.83. The van der Waals surface area contributed by atoms with Gasteiger partial charge in [0.15, 0.2) is 0 Å². The minimum absolute atomic E-state index is 0. The van der Waals surface area contributed by atoms with E-state index < -0.39 is 5.97 Å². The fourth-order valence-electron chi connectivity index (χ4n) is 0.702. The van der Waals surface area contributed by atoms with Crippen LogP contribution in [0, 0.1) is 0 Å². The molecule has 4 N–H and O–H groups in total. The number of carbonyl (C=O) groups excluding carboxylic acids is 1. The normalized spacial score (nSPS) is 8.67. The molecule has 1 aromatic carbocycles. The number of rotatable bonds is 1. The minimum Gasteiger partial charge on any atom is -0.545 e. The van der Waals surface area contributed by atoms with E-state index in [2.05, 4.69) is 0 Å². The fourth-order valence-corrected chi connectivity index (χ4v) is 0.702. The zero-order chi connectivity index (χ0) is 8.43. The Morgan fingerprint density at radius 2 is 1.83 bits per heavy atom. The van der Waals surface area contributed by atoms with Crippen LogP contribution in [0.3, 0.4) is 0 Å². The molecular formula is C7H7KN2O2. The average molecular weight is 190 g/mol. The standard InChI is InChI=1S/C7H8N2O2.K/c8-5-2-1-4(7(10)11)3-6(5)9;/h1-3H,8-9H2,(H,10,11);/q;+1/p-1. The number of anilines is 2. The molecule has 12 heavy (non-hydrogen) atoms. The second-order valence-electron chi connectivity index (χ2n) is 2.13. The third-order valence-corrected chi connectivity index (χ3v) is 1.32. The van der Waals surface area contributed by atoms with Gasteiger partial charge in [-0.3, -0.25) is 0 Å². The number of carboxylic acids is 1. The van der Waals surface area contributed by atoms with Crippen LogP contribution in [0.4, 0.5) is 11.4 Å². The summed E-state index contributed by atoms with van der Waals surface area (Å²) in [5, 5.41) is 10.3. The Morgan fingerprint density at radius 3 is 2.25 bits per heavy atom. The first kappa shape index (κ1) is 11.9. The van der Waals surface area contributed by atoms with E-state index >= 15 is 0 Å². The summed E-state index contributed by atoms with van der Waals surface area (Å²) < 4.78 is 0. The van der Waals surface area contributed by atoms with Crippen molar-refractivity contribution in [2.45, 2.75) is 0 Å². The van der Waals surface area contributed by atoms with Gasteiger partial charge in [0.05, 0.1) is 17.3 Å². The molecule has 0 fully saturated rings. The maximum atomic E-state index is 10.3. The van der Waals surface area contributed by atoms with Crippen molar-refractivity contribution in [2.24, 2.45) is 0 Å². The van der Waals surface area contributed by atoms with Gasteiger partial charge in [-0.25, -0.2) is 0 Å². The molecule has 0 saturated carbocycles. The molecule has 0 aliphatic rings. The first-order chi connectivity index (χ1) is 5.11. The summed E-state index contributed by atoms with van der Waals surface area (Å²) in [7, 11) is 0. The van der Waals surface area contributed by atoms with E-state index in [1.54, 1.807) is 0 Å². The molecule has 0 unspecified atom stereocenters. The van der Waals surface area contributed by atoms with Crippen LogP contribution in [-0.4, -0.2) is 5.97 Å². The van der Waals surface area contributed by atoms with Crippen molar-refractivity contribution in [1.29, 1.82) is 0 Å². The Bertz CT molecular complexity index is 301. The molecule has 0 aliphatic carbocycles. The quantitative estimate of drug-likeness (QED) is 0.351. The van der Waals surface area contributed by atoms with Crippen LogP contribution in [0.25, 0.3) is 0 Å². The number of nitrogens with two attached hydrogens (primary N) is 2. The van der Waals surface area contributed by atoms with Crippen molar-refractivity contribution in [2.75, 3.05) is 11.5 Å². The Morgan fingerprint density at radius 1 is 1.25 bits per heavy atom. The third-order valence-electron chi connectivity index (χ3n) is 1.32. The van der Waals surface area contributed by atoms with Crippen LogP contribution in [-0.2, 0) is 0 Å². The number of nitrogen functional groups attached to an aromatic ring is 2. The van der Waals surface area contributed by atoms with Crippen molar-refractivity contribution in [3.05, 3.63) is 23.8 Å². The number of carbonyl (C=O) groups is 1. The monoisotopic (exact) mass is 190 g/mol. The van der Waals surface area contributed by atoms with Crippen LogP contribution < -0.4 is 68.0 Å². The molecule has 1 aromatic rings. The molecule has 4 nitrogen and oxygen atoms in total. The number of benzene rings is 1. The molecule has 0 spiro atoms. The average Bonchev–Trinajstić information content (AvgIpc) is 1.94. The van der Waals surface area contributed by atoms with Crippen molar-refractivity contribution in [3.63, 3.8) is 0 Å². The van der Waals surface area contributed by atoms with Gasteiger partial charge in [-0.2, -0.15) is 0 Å². The summed E-state index contributed by atoms with van der Waals surface area (Å²) in [6.45, 7) is 0. The number of carboxylic acid groups (broad SMARTS) is 1. The molecule has 0 aromatic heterocycles. The summed E-state index contributed by atoms with van der Waals surface area (Å²) in [6, 6.07) is 4.05. The Balaban J connectivity index is 0.00000121. The van der Waals surface area contributed by atoms with E-state index in [9.17, 15) is 9.90 Å². The zero-order valence-electron chi connectivity index (χ0n) is 6.70. The SMILES string of the molecule is Nc1ccc(C(=O)[O-])cc1N.[K+]. The molecule has 0 aliphatic heterocycles. The second-order valence-corrected chi connectivity index (χ2v) is 2.13. The smallest absolute Gasteiger partial charge is 0.545 e. The minimum atomic E-state index is -1.25. The molecular weight excluding hydrogens is 183 g/mol. The van der Waals surface area contributed by atoms with E-state index in [1.165, 1.54) is 18.2 Å². The van der Waals surface area contributed by atoms with E-state index in [1.807, 2.05) is 0 Å². The van der Waals surface area contributed by atoms with Gasteiger partial charge in [0.1, 0.15) is 0 Å². The van der Waals surface area contributed by atoms with Crippen LogP contribution in [0.1, 0.15) is 10.4 Å². The van der Waals surface area contributed by atoms with Crippen molar-refractivity contribution in [3.8, 4) is 0 Å². The predicted octanol–water partition coefficient (Wildman–Crippen LogP) is -3.78. The topological polar surface area (TPSA) is 92.2 Å². The van der Waals surface area contributed by atoms with E-state index in [0.29, 0.717) is 5.69 Å². The molecule has 1 rings (SSSR count). The van der Waals surface area contributed by atoms with E-state index in [4.69, 9.17) is 11.5 Å². The Hall–Kier alpha value is -0.0736. The van der Waals surface area contributed by atoms with Crippen LogP contribution in [0.15, 0.2) is 18.2 Å². The predicted molar refractivity (Wildman–Crippen MR) is 39.6 cm³/mol. The Labute approximate surface area is 112 Å². The van der Waals surface area contributed by atoms with Gasteiger partial charge in [0.25, 0.3) is 0 Å². The van der Waals surface area contributed by atoms with Gasteiger partial charge in [-0.05, 0) is 17.7 Å². The van der Waals surface area contributed by atoms with Gasteiger partial charge >= 0.3 is 51.4 Å². The van der Waals surface area contributed by atoms with Gasteiger partial charge in [0.2, 0.25) is 0 Å². The number of aromatic carboxylic acids is 1. The molecule has 5 heteroatoms. The van der Waals surface area contributed by atoms with Crippen LogP contribution in [0.5, 0.6) is 0 Å². The molecule has 0 amide bonds. The summed E-state index contributed by atoms with van der Waals surface area (Å²) >= 11 is 0. The van der Waals surface area contributed by atoms with Gasteiger partial charge < -0.3 is 21.4 Å². The van der Waals surface area contributed by atoms with Crippen molar-refractivity contribution in [1.82, 2.24) is 0 Å². The Kier molecular flexibility index (Phi) is 4.80. The third kappa shape index (κ3) is 2.76. The first-order valence-corrected chi connectivity index (χ1v) is 2.97. The largest absolute Gasteiger partial charge is 1.00 e. The molecule has 0 heterocycles. The number of hydrogen-bond acceptors (Lipinski definition) is 4. The van der Waals surface area contributed by atoms with E-state index in [0.717, 1.165) is 0 Å². The second kappa shape index (κ2) is 4.83. The summed E-state index contributed by atoms with van der Waals surface area (Å²) in [4.78, 5) is 10.3. The summed E-state index contributed by atoms with van der Waals surface area (Å²) in [5.41, 5.74) is 11.4. The molecule has 58 valence electrons. The van der Waals surface area contributed by atoms with Gasteiger partial charge in [-0.15, -0.1) is 0 Å². The fraction of sp³-hybridized carbons (Fsp3) is 0. The van der Waals surface area contributed by atoms with Gasteiger partial charge in [0, 0.05) is 0 Å². The van der Waals surface area contributed by atoms with Crippen LogP contribution in [0.2, 0.25) is 0 Å². The molecule has 0 saturated heterocycles. The van der Waals surface area contributed by atoms with E-state index in [-0.39, 0.29) is 62.6 Å². The first-order valence-electron chi connectivity index (χ1n) is 2.97. The van der Waals surface area contributed by atoms with Crippen molar-refractivity contribution >= 4 is 17.3 Å². The molecule has 0 radical (unpaired) electrons. The van der Waals surface area contributed by atoms with Crippen molar-refractivity contribution < 1.29 is 61.3 Å². The maximum Gasteiger partial charge on any atom is 1.00 e. The summed E-state index contributed by atoms with van der Waals surface area (Å²) in [6.07, 6.45) is 0. The van der Waals surface area contributed by atoms with Gasteiger partial charge in [-0.1, -0.05) is 6.07 Å². The number of hydrogen-bond donors (Lipinski definition) is 2. The molecule has 0 bridgehead atoms.